The number of fused-ring (bicyclic) bond motifs is 2. The van der Waals surface area contributed by atoms with Crippen molar-refractivity contribution >= 4 is 39.8 Å². The number of rotatable bonds is 8. The number of aromatic nitrogens is 2. The lowest BCUT2D eigenvalue weighted by molar-refractivity contribution is -0.137. The van der Waals surface area contributed by atoms with Crippen LogP contribution in [0.3, 0.4) is 0 Å². The molecule has 0 saturated carbocycles. The van der Waals surface area contributed by atoms with Gasteiger partial charge in [0.25, 0.3) is 0 Å². The maximum atomic E-state index is 10.7. The Balaban J connectivity index is 1.65. The Bertz CT molecular complexity index is 1150. The fraction of sp³-hybridized carbons (Fsp3) is 0.318. The third-order valence-electron chi connectivity index (χ3n) is 5.21. The number of carbonyl (C=O) groups is 1. The summed E-state index contributed by atoms with van der Waals surface area (Å²) >= 11 is 6.30. The first-order chi connectivity index (χ1) is 14.9. The van der Waals surface area contributed by atoms with Gasteiger partial charge in [-0.25, -0.2) is 9.97 Å². The van der Waals surface area contributed by atoms with Crippen molar-refractivity contribution in [1.29, 1.82) is 0 Å². The van der Waals surface area contributed by atoms with Gasteiger partial charge in [0.1, 0.15) is 5.82 Å². The van der Waals surface area contributed by atoms with Crippen LogP contribution >= 0.6 is 11.6 Å². The maximum absolute atomic E-state index is 10.7. The van der Waals surface area contributed by atoms with Crippen LogP contribution in [-0.2, 0) is 17.6 Å². The summed E-state index contributed by atoms with van der Waals surface area (Å²) < 4.78 is 10.9. The maximum Gasteiger partial charge on any atom is 0.303 e. The van der Waals surface area contributed by atoms with Crippen LogP contribution in [0.25, 0.3) is 10.9 Å². The van der Waals surface area contributed by atoms with Crippen LogP contribution in [0.4, 0.5) is 11.4 Å². The van der Waals surface area contributed by atoms with Gasteiger partial charge in [-0.15, -0.1) is 0 Å². The number of hydrogen-bond acceptors (Lipinski definition) is 7. The molecule has 8 nitrogen and oxygen atoms in total. The average molecular weight is 443 g/mol. The topological polar surface area (TPSA) is 134 Å². The van der Waals surface area contributed by atoms with Crippen molar-refractivity contribution in [3.63, 3.8) is 0 Å². The zero-order valence-corrected chi connectivity index (χ0v) is 17.6. The highest BCUT2D eigenvalue weighted by Crippen LogP contribution is 2.37. The van der Waals surface area contributed by atoms with Crippen LogP contribution in [0.15, 0.2) is 24.3 Å². The molecule has 31 heavy (non-hydrogen) atoms. The van der Waals surface area contributed by atoms with Gasteiger partial charge in [0.2, 0.25) is 6.79 Å². The SMILES string of the molecule is Nc1cc2nc(CCCCCC(=O)O)nc(Cc3ccc4c(c3)OCO4)c2c(N)c1Cl. The molecule has 9 heteroatoms. The van der Waals surface area contributed by atoms with Crippen molar-refractivity contribution in [2.45, 2.75) is 38.5 Å². The van der Waals surface area contributed by atoms with Crippen LogP contribution < -0.4 is 20.9 Å². The van der Waals surface area contributed by atoms with Crippen LogP contribution in [0.5, 0.6) is 11.5 Å². The van der Waals surface area contributed by atoms with Gasteiger partial charge in [0.05, 0.1) is 27.6 Å². The van der Waals surface area contributed by atoms with E-state index in [2.05, 4.69) is 4.98 Å². The van der Waals surface area contributed by atoms with Crippen LogP contribution in [-0.4, -0.2) is 27.8 Å². The fourth-order valence-corrected chi connectivity index (χ4v) is 3.82. The molecule has 5 N–H and O–H groups in total. The van der Waals surface area contributed by atoms with E-state index in [1.165, 1.54) is 0 Å². The number of halogens is 1. The summed E-state index contributed by atoms with van der Waals surface area (Å²) in [5.41, 5.74) is 15.4. The van der Waals surface area contributed by atoms with E-state index in [0.717, 1.165) is 24.1 Å². The summed E-state index contributed by atoms with van der Waals surface area (Å²) in [6, 6.07) is 7.48. The second-order valence-corrected chi connectivity index (χ2v) is 7.87. The number of nitrogens with zero attached hydrogens (tertiary/aromatic N) is 2. The molecule has 1 aliphatic rings. The number of anilines is 2. The smallest absolute Gasteiger partial charge is 0.303 e. The third kappa shape index (κ3) is 4.59. The Morgan fingerprint density at radius 3 is 2.71 bits per heavy atom. The number of hydrogen-bond donors (Lipinski definition) is 3. The number of unbranched alkanes of at least 4 members (excludes halogenated alkanes) is 2. The highest BCUT2D eigenvalue weighted by Gasteiger charge is 2.18. The Morgan fingerprint density at radius 1 is 1.10 bits per heavy atom. The van der Waals surface area contributed by atoms with E-state index in [1.54, 1.807) is 6.07 Å². The number of benzene rings is 2. The summed E-state index contributed by atoms with van der Waals surface area (Å²) in [5, 5.41) is 9.76. The van der Waals surface area contributed by atoms with Gasteiger partial charge in [-0.3, -0.25) is 4.79 Å². The molecule has 4 rings (SSSR count). The van der Waals surface area contributed by atoms with Crippen LogP contribution in [0.1, 0.15) is 42.8 Å². The molecule has 0 unspecified atom stereocenters. The molecule has 2 aromatic carbocycles. The van der Waals surface area contributed by atoms with Gasteiger partial charge in [-0.2, -0.15) is 0 Å². The molecule has 0 radical (unpaired) electrons. The van der Waals surface area contributed by atoms with Gasteiger partial charge < -0.3 is 26.0 Å². The monoisotopic (exact) mass is 442 g/mol. The minimum atomic E-state index is -0.782. The van der Waals surface area contributed by atoms with E-state index >= 15 is 0 Å². The van der Waals surface area contributed by atoms with Crippen molar-refractivity contribution < 1.29 is 19.4 Å². The molecule has 1 aromatic heterocycles. The predicted octanol–water partition coefficient (Wildman–Crippen LogP) is 3.95. The number of aryl methyl sites for hydroxylation is 1. The summed E-state index contributed by atoms with van der Waals surface area (Å²) in [5.74, 6) is 1.30. The van der Waals surface area contributed by atoms with Gasteiger partial charge in [-0.05, 0) is 36.6 Å². The number of nitrogens with two attached hydrogens (primary N) is 2. The van der Waals surface area contributed by atoms with E-state index in [1.807, 2.05) is 18.2 Å². The predicted molar refractivity (Wildman–Crippen MR) is 119 cm³/mol. The molecule has 0 aliphatic carbocycles. The minimum absolute atomic E-state index is 0.166. The first-order valence-corrected chi connectivity index (χ1v) is 10.4. The lowest BCUT2D eigenvalue weighted by Gasteiger charge is -2.13. The summed E-state index contributed by atoms with van der Waals surface area (Å²) in [7, 11) is 0. The molecule has 0 fully saturated rings. The zero-order chi connectivity index (χ0) is 22.0. The van der Waals surface area contributed by atoms with Crippen molar-refractivity contribution in [3.8, 4) is 11.5 Å². The van der Waals surface area contributed by atoms with Gasteiger partial charge in [0.15, 0.2) is 11.5 Å². The molecule has 1 aliphatic heterocycles. The van der Waals surface area contributed by atoms with E-state index < -0.39 is 5.97 Å². The molecule has 0 spiro atoms. The second kappa shape index (κ2) is 8.85. The molecular formula is C22H23ClN4O4. The third-order valence-corrected chi connectivity index (χ3v) is 5.63. The highest BCUT2D eigenvalue weighted by atomic mass is 35.5. The van der Waals surface area contributed by atoms with Gasteiger partial charge >= 0.3 is 5.97 Å². The van der Waals surface area contributed by atoms with Crippen LogP contribution in [0, 0.1) is 0 Å². The van der Waals surface area contributed by atoms with Gasteiger partial charge in [0, 0.05) is 24.6 Å². The molecule has 0 atom stereocenters. The first kappa shape index (κ1) is 21.0. The Kier molecular flexibility index (Phi) is 5.99. The molecule has 0 bridgehead atoms. The van der Waals surface area contributed by atoms with Crippen molar-refractivity contribution in [3.05, 3.63) is 46.4 Å². The van der Waals surface area contributed by atoms with E-state index in [-0.39, 0.29) is 13.2 Å². The summed E-state index contributed by atoms with van der Waals surface area (Å²) in [6.07, 6.45) is 3.51. The second-order valence-electron chi connectivity index (χ2n) is 7.49. The normalized spacial score (nSPS) is 12.4. The number of aliphatic carboxylic acids is 1. The molecule has 2 heterocycles. The van der Waals surface area contributed by atoms with E-state index in [4.69, 9.17) is 42.6 Å². The quantitative estimate of drug-likeness (QED) is 0.352. The highest BCUT2D eigenvalue weighted by molar-refractivity contribution is 6.37. The van der Waals surface area contributed by atoms with Crippen LogP contribution in [0.2, 0.25) is 5.02 Å². The number of carboxylic acids is 1. The number of ether oxygens (including phenoxy) is 2. The van der Waals surface area contributed by atoms with E-state index in [9.17, 15) is 4.79 Å². The zero-order valence-electron chi connectivity index (χ0n) is 16.9. The van der Waals surface area contributed by atoms with Crippen molar-refractivity contribution in [2.24, 2.45) is 0 Å². The van der Waals surface area contributed by atoms with Crippen molar-refractivity contribution in [2.75, 3.05) is 18.3 Å². The van der Waals surface area contributed by atoms with E-state index in [0.29, 0.717) is 63.9 Å². The molecule has 0 amide bonds. The average Bonchev–Trinajstić information content (AvgIpc) is 3.19. The molecule has 3 aromatic rings. The Morgan fingerprint density at radius 2 is 1.90 bits per heavy atom. The first-order valence-electron chi connectivity index (χ1n) is 10.1. The standard InChI is InChI=1S/C22H23ClN4O4/c23-21-13(24)10-15-20(22(21)25)14(8-12-6-7-16-17(9-12)31-11-30-16)26-18(27-15)4-2-1-3-5-19(28)29/h6-7,9-10H,1-5,8,11,24-25H2,(H,28,29). The fourth-order valence-electron chi connectivity index (χ4n) is 3.67. The molecular weight excluding hydrogens is 420 g/mol. The Hall–Kier alpha value is -3.26. The number of carboxylic acid groups (broad SMARTS) is 1. The summed E-state index contributed by atoms with van der Waals surface area (Å²) in [4.78, 5) is 20.1. The lowest BCUT2D eigenvalue weighted by atomic mass is 10.0. The number of nitrogen functional groups attached to an aromatic ring is 2. The summed E-state index contributed by atoms with van der Waals surface area (Å²) in [6.45, 7) is 0.211. The largest absolute Gasteiger partial charge is 0.481 e. The van der Waals surface area contributed by atoms with Gasteiger partial charge in [-0.1, -0.05) is 24.1 Å². The minimum Gasteiger partial charge on any atom is -0.481 e. The molecule has 162 valence electrons. The van der Waals surface area contributed by atoms with Crippen molar-refractivity contribution in [1.82, 2.24) is 9.97 Å². The lowest BCUT2D eigenvalue weighted by Crippen LogP contribution is -2.06. The molecule has 0 saturated heterocycles. The Labute approximate surface area is 184 Å².